The normalized spacial score (nSPS) is 13.2. The quantitative estimate of drug-likeness (QED) is 0.237. The third kappa shape index (κ3) is 7.91. The highest BCUT2D eigenvalue weighted by atomic mass is 19.4. The predicted molar refractivity (Wildman–Crippen MR) is 144 cm³/mol. The van der Waals surface area contributed by atoms with Crippen molar-refractivity contribution in [3.8, 4) is 5.75 Å². The van der Waals surface area contributed by atoms with Gasteiger partial charge < -0.3 is 15.2 Å². The Morgan fingerprint density at radius 1 is 0.805 bits per heavy atom. The lowest BCUT2D eigenvalue weighted by atomic mass is 9.89. The van der Waals surface area contributed by atoms with Crippen molar-refractivity contribution in [3.05, 3.63) is 106 Å². The maximum absolute atomic E-state index is 13.6. The smallest absolute Gasteiger partial charge is 0.481 e. The maximum Gasteiger partial charge on any atom is 0.573 e. The number of fused-ring (bicyclic) bond motifs is 1. The Hall–Kier alpha value is -4.73. The number of carbonyl (C=O) groups excluding carboxylic acids is 3. The van der Waals surface area contributed by atoms with Gasteiger partial charge in [-0.1, -0.05) is 36.4 Å². The van der Waals surface area contributed by atoms with Crippen LogP contribution in [-0.2, 0) is 17.6 Å². The average molecular weight is 566 g/mol. The number of ketones is 2. The van der Waals surface area contributed by atoms with E-state index in [2.05, 4.69) is 10.1 Å². The molecule has 0 unspecified atom stereocenters. The summed E-state index contributed by atoms with van der Waals surface area (Å²) in [4.78, 5) is 49.8. The van der Waals surface area contributed by atoms with Gasteiger partial charge in [-0.3, -0.25) is 19.2 Å². The van der Waals surface area contributed by atoms with E-state index in [4.69, 9.17) is 5.11 Å². The van der Waals surface area contributed by atoms with E-state index in [0.717, 1.165) is 43.4 Å². The lowest BCUT2D eigenvalue weighted by Gasteiger charge is -2.16. The summed E-state index contributed by atoms with van der Waals surface area (Å²) >= 11 is 0. The largest absolute Gasteiger partial charge is 0.573 e. The van der Waals surface area contributed by atoms with Gasteiger partial charge in [0.05, 0.1) is 6.42 Å². The number of amides is 1. The predicted octanol–water partition coefficient (Wildman–Crippen LogP) is 5.82. The van der Waals surface area contributed by atoms with Gasteiger partial charge >= 0.3 is 12.3 Å². The maximum atomic E-state index is 13.6. The number of Topliss-reactive ketones (excluding diaryl/α,β-unsaturated/α-hetero) is 1. The van der Waals surface area contributed by atoms with Crippen LogP contribution in [0.4, 0.5) is 13.2 Å². The minimum atomic E-state index is -4.89. The van der Waals surface area contributed by atoms with Crippen LogP contribution in [0.3, 0.4) is 0 Å². The molecule has 0 fully saturated rings. The van der Waals surface area contributed by atoms with Gasteiger partial charge in [-0.15, -0.1) is 13.2 Å². The summed E-state index contributed by atoms with van der Waals surface area (Å²) in [5, 5.41) is 11.2. The van der Waals surface area contributed by atoms with Crippen molar-refractivity contribution in [2.45, 2.75) is 38.5 Å². The number of nitrogens with one attached hydrogen (secondary N) is 1. The van der Waals surface area contributed by atoms with Gasteiger partial charge in [-0.2, -0.15) is 0 Å². The third-order valence-electron chi connectivity index (χ3n) is 6.59. The molecule has 0 bridgehead atoms. The monoisotopic (exact) mass is 565 g/mol. The van der Waals surface area contributed by atoms with E-state index in [1.807, 2.05) is 12.1 Å². The molecular formula is C31H26F3NO6. The van der Waals surface area contributed by atoms with Gasteiger partial charge in [0.1, 0.15) is 5.75 Å². The molecule has 1 amide bonds. The third-order valence-corrected chi connectivity index (χ3v) is 6.59. The number of benzene rings is 3. The Labute approximate surface area is 233 Å². The van der Waals surface area contributed by atoms with Gasteiger partial charge in [-0.05, 0) is 78.8 Å². The van der Waals surface area contributed by atoms with E-state index in [-0.39, 0.29) is 35.2 Å². The summed E-state index contributed by atoms with van der Waals surface area (Å²) in [6.45, 7) is -0.0689. The number of carboxylic acids is 1. The summed E-state index contributed by atoms with van der Waals surface area (Å²) in [5.74, 6) is -3.09. The number of hydrogen-bond donors (Lipinski definition) is 2. The first-order valence-electron chi connectivity index (χ1n) is 12.9. The van der Waals surface area contributed by atoms with E-state index in [1.54, 1.807) is 6.07 Å². The Morgan fingerprint density at radius 3 is 2.02 bits per heavy atom. The number of halogens is 3. The molecule has 7 nitrogen and oxygen atoms in total. The molecular weight excluding hydrogens is 539 g/mol. The van der Waals surface area contributed by atoms with Crippen LogP contribution in [0.25, 0.3) is 5.57 Å². The Balaban J connectivity index is 1.63. The number of aliphatic carboxylic acids is 1. The first kappa shape index (κ1) is 29.3. The molecule has 3 aromatic carbocycles. The number of alkyl halides is 3. The number of carbonyl (C=O) groups is 4. The molecule has 0 saturated carbocycles. The van der Waals surface area contributed by atoms with Gasteiger partial charge in [0.25, 0.3) is 5.91 Å². The van der Waals surface area contributed by atoms with Gasteiger partial charge in [0.2, 0.25) is 0 Å². The van der Waals surface area contributed by atoms with Crippen molar-refractivity contribution in [1.29, 1.82) is 0 Å². The Bertz CT molecular complexity index is 1490. The first-order valence-corrected chi connectivity index (χ1v) is 12.9. The van der Waals surface area contributed by atoms with Gasteiger partial charge in [0.15, 0.2) is 11.6 Å². The fraction of sp³-hybridized carbons (Fsp3) is 0.226. The second kappa shape index (κ2) is 12.6. The zero-order valence-electron chi connectivity index (χ0n) is 21.8. The molecule has 4 rings (SSSR count). The summed E-state index contributed by atoms with van der Waals surface area (Å²) < 4.78 is 41.8. The van der Waals surface area contributed by atoms with Crippen molar-refractivity contribution >= 4 is 29.0 Å². The van der Waals surface area contributed by atoms with Crippen LogP contribution in [0, 0.1) is 0 Å². The Kier molecular flexibility index (Phi) is 9.01. The molecule has 212 valence electrons. The standard InChI is InChI=1S/C31H26F3NO6/c32-31(33,34)41-25-13-11-20(12-14-25)26(18-27(36)24-10-5-19-3-1-2-4-23(19)17-24)29(39)21-6-8-22(9-7-21)30(40)35-16-15-28(37)38/h5-14,17-18H,1-4,15-16H2,(H,35,40)(H,37,38)/b26-18-. The van der Waals surface area contributed by atoms with Gasteiger partial charge in [-0.25, -0.2) is 0 Å². The van der Waals surface area contributed by atoms with Gasteiger partial charge in [0, 0.05) is 28.8 Å². The highest BCUT2D eigenvalue weighted by molar-refractivity contribution is 6.32. The molecule has 2 N–H and O–H groups in total. The van der Waals surface area contributed by atoms with E-state index < -0.39 is 35.6 Å². The molecule has 41 heavy (non-hydrogen) atoms. The number of ether oxygens (including phenoxy) is 1. The SMILES string of the molecule is O=C(O)CCNC(=O)c1ccc(C(=O)/C(=C\C(=O)c2ccc3c(c2)CCCC3)c2ccc(OC(F)(F)F)cc2)cc1. The highest BCUT2D eigenvalue weighted by Crippen LogP contribution is 2.28. The summed E-state index contributed by atoms with van der Waals surface area (Å²) in [5.41, 5.74) is 3.12. The van der Waals surface area contributed by atoms with Crippen molar-refractivity contribution < 1.29 is 42.2 Å². The number of hydrogen-bond acceptors (Lipinski definition) is 5. The van der Waals surface area contributed by atoms with Crippen LogP contribution in [0.15, 0.2) is 72.8 Å². The Morgan fingerprint density at radius 2 is 1.39 bits per heavy atom. The van der Waals surface area contributed by atoms with Crippen LogP contribution in [-0.4, -0.2) is 41.5 Å². The molecule has 0 saturated heterocycles. The molecule has 0 aromatic heterocycles. The summed E-state index contributed by atoms with van der Waals surface area (Å²) in [7, 11) is 0. The van der Waals surface area contributed by atoms with Crippen molar-refractivity contribution in [2.75, 3.05) is 6.54 Å². The number of aryl methyl sites for hydroxylation is 2. The van der Waals surface area contributed by atoms with Crippen molar-refractivity contribution in [2.24, 2.45) is 0 Å². The molecule has 1 aliphatic carbocycles. The van der Waals surface area contributed by atoms with Crippen LogP contribution >= 0.6 is 0 Å². The minimum Gasteiger partial charge on any atom is -0.481 e. The lowest BCUT2D eigenvalue weighted by Crippen LogP contribution is -2.26. The molecule has 10 heteroatoms. The molecule has 0 radical (unpaired) electrons. The second-order valence-corrected chi connectivity index (χ2v) is 9.49. The number of carboxylic acid groups (broad SMARTS) is 1. The molecule has 0 aliphatic heterocycles. The minimum absolute atomic E-state index is 0.0510. The summed E-state index contributed by atoms with van der Waals surface area (Å²) in [6.07, 6.45) is -0.0907. The molecule has 0 atom stereocenters. The topological polar surface area (TPSA) is 110 Å². The fourth-order valence-corrected chi connectivity index (χ4v) is 4.53. The second-order valence-electron chi connectivity index (χ2n) is 9.49. The van der Waals surface area contributed by atoms with Crippen LogP contribution in [0.1, 0.15) is 67.0 Å². The lowest BCUT2D eigenvalue weighted by molar-refractivity contribution is -0.274. The molecule has 0 spiro atoms. The van der Waals surface area contributed by atoms with Crippen molar-refractivity contribution in [1.82, 2.24) is 5.32 Å². The van der Waals surface area contributed by atoms with E-state index >= 15 is 0 Å². The highest BCUT2D eigenvalue weighted by Gasteiger charge is 2.31. The zero-order valence-corrected chi connectivity index (χ0v) is 21.8. The van der Waals surface area contributed by atoms with Crippen LogP contribution in [0.5, 0.6) is 5.75 Å². The molecule has 0 heterocycles. The zero-order chi connectivity index (χ0) is 29.6. The average Bonchev–Trinajstić information content (AvgIpc) is 2.94. The summed E-state index contributed by atoms with van der Waals surface area (Å²) in [6, 6.07) is 15.6. The van der Waals surface area contributed by atoms with E-state index in [0.29, 0.717) is 5.56 Å². The van der Waals surface area contributed by atoms with Crippen LogP contribution < -0.4 is 10.1 Å². The number of rotatable bonds is 10. The molecule has 3 aromatic rings. The fourth-order valence-electron chi connectivity index (χ4n) is 4.53. The van der Waals surface area contributed by atoms with Crippen LogP contribution in [0.2, 0.25) is 0 Å². The van der Waals surface area contributed by atoms with E-state index in [1.165, 1.54) is 48.0 Å². The molecule has 1 aliphatic rings. The van der Waals surface area contributed by atoms with Crippen molar-refractivity contribution in [3.63, 3.8) is 0 Å². The number of allylic oxidation sites excluding steroid dienone is 2. The first-order chi connectivity index (χ1) is 19.5. The van der Waals surface area contributed by atoms with E-state index in [9.17, 15) is 32.3 Å².